The molecular weight excluding hydrogens is 237 g/mol. The summed E-state index contributed by atoms with van der Waals surface area (Å²) < 4.78 is 13.6. The average molecular weight is 256 g/mol. The monoisotopic (exact) mass is 255 g/mol. The molecule has 94 valence electrons. The largest absolute Gasteiger partial charge is 0.380 e. The summed E-state index contributed by atoms with van der Waals surface area (Å²) in [6.07, 6.45) is 6.03. The highest BCUT2D eigenvalue weighted by molar-refractivity contribution is 6.30. The Morgan fingerprint density at radius 3 is 3.00 bits per heavy atom. The third-order valence-electron chi connectivity index (χ3n) is 3.65. The van der Waals surface area contributed by atoms with E-state index in [1.165, 1.54) is 25.3 Å². The van der Waals surface area contributed by atoms with Crippen molar-refractivity contribution >= 4 is 17.3 Å². The van der Waals surface area contributed by atoms with Crippen molar-refractivity contribution in [1.82, 2.24) is 0 Å². The first kappa shape index (κ1) is 12.7. The molecule has 1 aliphatic rings. The molecule has 2 atom stereocenters. The van der Waals surface area contributed by atoms with Crippen molar-refractivity contribution < 1.29 is 4.39 Å². The van der Waals surface area contributed by atoms with Crippen LogP contribution in [0.3, 0.4) is 0 Å². The number of hydrogen-bond donors (Lipinski definition) is 1. The van der Waals surface area contributed by atoms with Gasteiger partial charge in [-0.15, -0.1) is 0 Å². The Labute approximate surface area is 107 Å². The predicted octanol–water partition coefficient (Wildman–Crippen LogP) is 4.86. The molecule has 0 aromatic heterocycles. The first-order valence-corrected chi connectivity index (χ1v) is 6.78. The van der Waals surface area contributed by atoms with Gasteiger partial charge in [-0.3, -0.25) is 0 Å². The zero-order chi connectivity index (χ0) is 12.3. The maximum Gasteiger partial charge on any atom is 0.146 e. The normalized spacial score (nSPS) is 24.6. The van der Waals surface area contributed by atoms with Crippen LogP contribution in [0.15, 0.2) is 18.2 Å². The minimum Gasteiger partial charge on any atom is -0.380 e. The third-order valence-corrected chi connectivity index (χ3v) is 3.88. The van der Waals surface area contributed by atoms with E-state index in [0.717, 1.165) is 18.8 Å². The van der Waals surface area contributed by atoms with Gasteiger partial charge in [0.15, 0.2) is 0 Å². The highest BCUT2D eigenvalue weighted by atomic mass is 35.5. The summed E-state index contributed by atoms with van der Waals surface area (Å²) in [5.41, 5.74) is 0.541. The second-order valence-electron chi connectivity index (χ2n) is 4.91. The van der Waals surface area contributed by atoms with Gasteiger partial charge in [-0.05, 0) is 37.0 Å². The number of anilines is 1. The molecule has 2 rings (SSSR count). The van der Waals surface area contributed by atoms with E-state index in [9.17, 15) is 4.39 Å². The van der Waals surface area contributed by atoms with Gasteiger partial charge in [0.2, 0.25) is 0 Å². The van der Waals surface area contributed by atoms with E-state index in [1.807, 2.05) is 0 Å². The SMILES string of the molecule is CCC1CCCC(Nc2cc(Cl)ccc2F)C1. The smallest absolute Gasteiger partial charge is 0.146 e. The van der Waals surface area contributed by atoms with Gasteiger partial charge in [-0.1, -0.05) is 37.8 Å². The highest BCUT2D eigenvalue weighted by Gasteiger charge is 2.21. The summed E-state index contributed by atoms with van der Waals surface area (Å²) >= 11 is 5.88. The van der Waals surface area contributed by atoms with E-state index in [1.54, 1.807) is 12.1 Å². The summed E-state index contributed by atoms with van der Waals surface area (Å²) in [6.45, 7) is 2.23. The summed E-state index contributed by atoms with van der Waals surface area (Å²) in [4.78, 5) is 0. The highest BCUT2D eigenvalue weighted by Crippen LogP contribution is 2.30. The fourth-order valence-electron chi connectivity index (χ4n) is 2.62. The van der Waals surface area contributed by atoms with Crippen molar-refractivity contribution in [2.75, 3.05) is 5.32 Å². The second kappa shape index (κ2) is 5.72. The molecule has 3 heteroatoms. The summed E-state index contributed by atoms with van der Waals surface area (Å²) in [5.74, 6) is 0.566. The molecule has 1 aliphatic carbocycles. The molecule has 1 fully saturated rings. The molecule has 1 saturated carbocycles. The molecule has 1 nitrogen and oxygen atoms in total. The lowest BCUT2D eigenvalue weighted by atomic mass is 9.84. The lowest BCUT2D eigenvalue weighted by Crippen LogP contribution is -2.27. The van der Waals surface area contributed by atoms with E-state index >= 15 is 0 Å². The predicted molar refractivity (Wildman–Crippen MR) is 71.1 cm³/mol. The van der Waals surface area contributed by atoms with Gasteiger partial charge < -0.3 is 5.32 Å². The molecule has 1 N–H and O–H groups in total. The second-order valence-corrected chi connectivity index (χ2v) is 5.34. The molecule has 0 heterocycles. The van der Waals surface area contributed by atoms with Crippen LogP contribution in [0.2, 0.25) is 5.02 Å². The zero-order valence-electron chi connectivity index (χ0n) is 10.2. The Morgan fingerprint density at radius 1 is 1.41 bits per heavy atom. The molecule has 0 spiro atoms. The van der Waals surface area contributed by atoms with E-state index < -0.39 is 0 Å². The molecule has 0 radical (unpaired) electrons. The Kier molecular flexibility index (Phi) is 4.27. The third kappa shape index (κ3) is 3.35. The van der Waals surface area contributed by atoms with E-state index in [-0.39, 0.29) is 5.82 Å². The van der Waals surface area contributed by atoms with Gasteiger partial charge >= 0.3 is 0 Å². The van der Waals surface area contributed by atoms with Gasteiger partial charge in [-0.2, -0.15) is 0 Å². The standard InChI is InChI=1S/C14H19ClFN/c1-2-10-4-3-5-12(8-10)17-14-9-11(15)6-7-13(14)16/h6-7,9-10,12,17H,2-5,8H2,1H3. The van der Waals surface area contributed by atoms with E-state index in [2.05, 4.69) is 12.2 Å². The molecule has 17 heavy (non-hydrogen) atoms. The van der Waals surface area contributed by atoms with Gasteiger partial charge in [0.05, 0.1) is 5.69 Å². The van der Waals surface area contributed by atoms with Gasteiger partial charge in [0, 0.05) is 11.1 Å². The molecular formula is C14H19ClFN. The topological polar surface area (TPSA) is 12.0 Å². The van der Waals surface area contributed by atoms with E-state index in [4.69, 9.17) is 11.6 Å². The van der Waals surface area contributed by atoms with Crippen molar-refractivity contribution in [3.05, 3.63) is 29.0 Å². The van der Waals surface area contributed by atoms with Crippen LogP contribution in [0.25, 0.3) is 0 Å². The van der Waals surface area contributed by atoms with E-state index in [0.29, 0.717) is 16.8 Å². The fraction of sp³-hybridized carbons (Fsp3) is 0.571. The quantitative estimate of drug-likeness (QED) is 0.813. The first-order valence-electron chi connectivity index (χ1n) is 6.40. The Balaban J connectivity index is 2.02. The van der Waals surface area contributed by atoms with Crippen LogP contribution in [0, 0.1) is 11.7 Å². The first-order chi connectivity index (χ1) is 8.19. The zero-order valence-corrected chi connectivity index (χ0v) is 10.9. The number of rotatable bonds is 3. The van der Waals surface area contributed by atoms with Crippen LogP contribution >= 0.6 is 11.6 Å². The Bertz CT molecular complexity index is 380. The van der Waals surface area contributed by atoms with Crippen LogP contribution in [0.4, 0.5) is 10.1 Å². The lowest BCUT2D eigenvalue weighted by molar-refractivity contribution is 0.327. The number of benzene rings is 1. The van der Waals surface area contributed by atoms with Crippen molar-refractivity contribution in [3.63, 3.8) is 0 Å². The lowest BCUT2D eigenvalue weighted by Gasteiger charge is -2.30. The Morgan fingerprint density at radius 2 is 2.24 bits per heavy atom. The molecule has 1 aromatic carbocycles. The summed E-state index contributed by atoms with van der Waals surface area (Å²) in [5, 5.41) is 3.88. The van der Waals surface area contributed by atoms with Crippen molar-refractivity contribution in [2.24, 2.45) is 5.92 Å². The molecule has 0 aliphatic heterocycles. The van der Waals surface area contributed by atoms with Crippen LogP contribution < -0.4 is 5.32 Å². The van der Waals surface area contributed by atoms with Crippen LogP contribution in [0.1, 0.15) is 39.0 Å². The molecule has 1 aromatic rings. The molecule has 2 unspecified atom stereocenters. The molecule has 0 saturated heterocycles. The minimum absolute atomic E-state index is 0.215. The van der Waals surface area contributed by atoms with Crippen molar-refractivity contribution in [2.45, 2.75) is 45.1 Å². The van der Waals surface area contributed by atoms with Gasteiger partial charge in [0.25, 0.3) is 0 Å². The molecule has 0 bridgehead atoms. The Hall–Kier alpha value is -0.760. The van der Waals surface area contributed by atoms with Gasteiger partial charge in [-0.25, -0.2) is 4.39 Å². The maximum absolute atomic E-state index is 13.6. The average Bonchev–Trinajstić information content (AvgIpc) is 2.34. The number of nitrogens with one attached hydrogen (secondary N) is 1. The molecule has 0 amide bonds. The number of halogens is 2. The summed E-state index contributed by atoms with van der Waals surface area (Å²) in [6, 6.07) is 5.07. The van der Waals surface area contributed by atoms with Crippen LogP contribution in [-0.4, -0.2) is 6.04 Å². The number of hydrogen-bond acceptors (Lipinski definition) is 1. The van der Waals surface area contributed by atoms with Gasteiger partial charge in [0.1, 0.15) is 5.82 Å². The van der Waals surface area contributed by atoms with Crippen molar-refractivity contribution in [3.8, 4) is 0 Å². The van der Waals surface area contributed by atoms with Crippen LogP contribution in [0.5, 0.6) is 0 Å². The van der Waals surface area contributed by atoms with Crippen molar-refractivity contribution in [1.29, 1.82) is 0 Å². The maximum atomic E-state index is 13.6. The fourth-order valence-corrected chi connectivity index (χ4v) is 2.79. The van der Waals surface area contributed by atoms with Crippen LogP contribution in [-0.2, 0) is 0 Å². The summed E-state index contributed by atoms with van der Waals surface area (Å²) in [7, 11) is 0. The minimum atomic E-state index is -0.215.